The molecular formula is C17H25NO3. The smallest absolute Gasteiger partial charge is 0.225 e. The lowest BCUT2D eigenvalue weighted by molar-refractivity contribution is -0.139. The fourth-order valence-corrected chi connectivity index (χ4v) is 3.00. The van der Waals surface area contributed by atoms with Crippen LogP contribution < -0.4 is 0 Å². The molecule has 0 saturated heterocycles. The monoisotopic (exact) mass is 291 g/mol. The Morgan fingerprint density at radius 3 is 2.43 bits per heavy atom. The van der Waals surface area contributed by atoms with Crippen LogP contribution in [0, 0.1) is 0 Å². The molecule has 2 N–H and O–H groups in total. The van der Waals surface area contributed by atoms with Crippen LogP contribution in [0.4, 0.5) is 0 Å². The second-order valence-corrected chi connectivity index (χ2v) is 5.99. The summed E-state index contributed by atoms with van der Waals surface area (Å²) in [6.07, 6.45) is 4.69. The molecule has 0 aromatic heterocycles. The van der Waals surface area contributed by atoms with Gasteiger partial charge in [0.25, 0.3) is 0 Å². The van der Waals surface area contributed by atoms with Gasteiger partial charge in [0.1, 0.15) is 0 Å². The van der Waals surface area contributed by atoms with E-state index in [1.165, 1.54) is 0 Å². The molecule has 1 aromatic carbocycles. The van der Waals surface area contributed by atoms with Gasteiger partial charge >= 0.3 is 0 Å². The maximum atomic E-state index is 12.5. The summed E-state index contributed by atoms with van der Waals surface area (Å²) in [5.41, 5.74) is 0.189. The van der Waals surface area contributed by atoms with Gasteiger partial charge in [0.15, 0.2) is 0 Å². The van der Waals surface area contributed by atoms with E-state index in [9.17, 15) is 15.0 Å². The zero-order valence-electron chi connectivity index (χ0n) is 12.5. The molecule has 116 valence electrons. The number of hydrogen-bond acceptors (Lipinski definition) is 3. The minimum Gasteiger partial charge on any atom is -0.395 e. The summed E-state index contributed by atoms with van der Waals surface area (Å²) in [4.78, 5) is 14.1. The van der Waals surface area contributed by atoms with E-state index in [0.717, 1.165) is 24.8 Å². The van der Waals surface area contributed by atoms with Crippen LogP contribution in [0.2, 0.25) is 0 Å². The molecule has 1 amide bonds. The Labute approximate surface area is 126 Å². The van der Waals surface area contributed by atoms with E-state index in [1.807, 2.05) is 30.3 Å². The second-order valence-electron chi connectivity index (χ2n) is 5.99. The molecule has 0 spiro atoms. The molecule has 0 radical (unpaired) electrons. The molecule has 2 rings (SSSR count). The SMILES string of the molecule is O=C(CC1(O)CCCCC1)N(CCO)Cc1ccccc1. The number of amides is 1. The van der Waals surface area contributed by atoms with Gasteiger partial charge in [0, 0.05) is 13.1 Å². The van der Waals surface area contributed by atoms with Crippen molar-refractivity contribution in [2.24, 2.45) is 0 Å². The van der Waals surface area contributed by atoms with Crippen LogP contribution in [0.5, 0.6) is 0 Å². The van der Waals surface area contributed by atoms with Crippen molar-refractivity contribution in [1.29, 1.82) is 0 Å². The van der Waals surface area contributed by atoms with Crippen molar-refractivity contribution in [3.8, 4) is 0 Å². The summed E-state index contributed by atoms with van der Waals surface area (Å²) < 4.78 is 0. The van der Waals surface area contributed by atoms with E-state index < -0.39 is 5.60 Å². The zero-order valence-corrected chi connectivity index (χ0v) is 12.5. The Hall–Kier alpha value is -1.39. The quantitative estimate of drug-likeness (QED) is 0.843. The summed E-state index contributed by atoms with van der Waals surface area (Å²) in [6.45, 7) is 0.733. The Kier molecular flexibility index (Phi) is 5.76. The Morgan fingerprint density at radius 2 is 1.81 bits per heavy atom. The van der Waals surface area contributed by atoms with Gasteiger partial charge in [-0.15, -0.1) is 0 Å². The van der Waals surface area contributed by atoms with Gasteiger partial charge in [-0.1, -0.05) is 49.6 Å². The van der Waals surface area contributed by atoms with E-state index in [0.29, 0.717) is 25.9 Å². The van der Waals surface area contributed by atoms with Gasteiger partial charge in [-0.2, -0.15) is 0 Å². The number of aliphatic hydroxyl groups is 2. The van der Waals surface area contributed by atoms with Gasteiger partial charge in [-0.25, -0.2) is 0 Å². The zero-order chi connectivity index (χ0) is 15.1. The van der Waals surface area contributed by atoms with Crippen LogP contribution in [0.25, 0.3) is 0 Å². The van der Waals surface area contributed by atoms with E-state index in [1.54, 1.807) is 4.90 Å². The molecule has 0 unspecified atom stereocenters. The predicted molar refractivity (Wildman–Crippen MR) is 81.6 cm³/mol. The highest BCUT2D eigenvalue weighted by atomic mass is 16.3. The molecule has 1 aliphatic carbocycles. The maximum absolute atomic E-state index is 12.5. The Morgan fingerprint density at radius 1 is 1.14 bits per heavy atom. The third-order valence-corrected chi connectivity index (χ3v) is 4.20. The number of hydrogen-bond donors (Lipinski definition) is 2. The van der Waals surface area contributed by atoms with Gasteiger partial charge in [-0.05, 0) is 18.4 Å². The van der Waals surface area contributed by atoms with Crippen LogP contribution in [0.1, 0.15) is 44.1 Å². The van der Waals surface area contributed by atoms with E-state index in [2.05, 4.69) is 0 Å². The highest BCUT2D eigenvalue weighted by Gasteiger charge is 2.33. The average Bonchev–Trinajstić information content (AvgIpc) is 2.48. The molecular weight excluding hydrogens is 266 g/mol. The topological polar surface area (TPSA) is 60.8 Å². The lowest BCUT2D eigenvalue weighted by Crippen LogP contribution is -2.41. The Bertz CT molecular complexity index is 441. The number of carbonyl (C=O) groups is 1. The molecule has 0 bridgehead atoms. The van der Waals surface area contributed by atoms with Crippen molar-refractivity contribution in [3.63, 3.8) is 0 Å². The molecule has 0 atom stereocenters. The number of aliphatic hydroxyl groups excluding tert-OH is 1. The number of rotatable bonds is 6. The summed E-state index contributed by atoms with van der Waals surface area (Å²) in [6, 6.07) is 9.74. The summed E-state index contributed by atoms with van der Waals surface area (Å²) in [5, 5.41) is 19.7. The molecule has 1 aromatic rings. The fourth-order valence-electron chi connectivity index (χ4n) is 3.00. The number of benzene rings is 1. The molecule has 4 heteroatoms. The lowest BCUT2D eigenvalue weighted by Gasteiger charge is -2.33. The van der Waals surface area contributed by atoms with E-state index in [-0.39, 0.29) is 18.9 Å². The van der Waals surface area contributed by atoms with Crippen molar-refractivity contribution in [2.75, 3.05) is 13.2 Å². The maximum Gasteiger partial charge on any atom is 0.225 e. The van der Waals surface area contributed by atoms with Crippen LogP contribution in [-0.4, -0.2) is 39.8 Å². The van der Waals surface area contributed by atoms with E-state index in [4.69, 9.17) is 0 Å². The molecule has 1 aliphatic rings. The first-order valence-corrected chi connectivity index (χ1v) is 7.78. The largest absolute Gasteiger partial charge is 0.395 e. The van der Waals surface area contributed by atoms with Crippen LogP contribution in [0.3, 0.4) is 0 Å². The van der Waals surface area contributed by atoms with Crippen LogP contribution in [-0.2, 0) is 11.3 Å². The fraction of sp³-hybridized carbons (Fsp3) is 0.588. The first-order valence-electron chi connectivity index (χ1n) is 7.78. The summed E-state index contributed by atoms with van der Waals surface area (Å²) in [7, 11) is 0. The van der Waals surface area contributed by atoms with Crippen molar-refractivity contribution in [2.45, 2.75) is 50.7 Å². The molecule has 1 fully saturated rings. The summed E-state index contributed by atoms with van der Waals surface area (Å²) >= 11 is 0. The minimum absolute atomic E-state index is 0.0585. The molecule has 21 heavy (non-hydrogen) atoms. The third kappa shape index (κ3) is 4.83. The van der Waals surface area contributed by atoms with Crippen molar-refractivity contribution < 1.29 is 15.0 Å². The first kappa shape index (κ1) is 16.0. The highest BCUT2D eigenvalue weighted by molar-refractivity contribution is 5.77. The van der Waals surface area contributed by atoms with Crippen LogP contribution >= 0.6 is 0 Å². The third-order valence-electron chi connectivity index (χ3n) is 4.20. The van der Waals surface area contributed by atoms with Crippen LogP contribution in [0.15, 0.2) is 30.3 Å². The second kappa shape index (κ2) is 7.57. The normalized spacial score (nSPS) is 17.4. The molecule has 1 saturated carbocycles. The van der Waals surface area contributed by atoms with Gasteiger partial charge in [0.05, 0.1) is 18.6 Å². The van der Waals surface area contributed by atoms with Gasteiger partial charge in [-0.3, -0.25) is 4.79 Å². The van der Waals surface area contributed by atoms with Gasteiger partial charge < -0.3 is 15.1 Å². The van der Waals surface area contributed by atoms with Crippen molar-refractivity contribution >= 4 is 5.91 Å². The summed E-state index contributed by atoms with van der Waals surface area (Å²) in [5.74, 6) is -0.0719. The standard InChI is InChI=1S/C17H25NO3/c19-12-11-18(14-15-7-3-1-4-8-15)16(20)13-17(21)9-5-2-6-10-17/h1,3-4,7-8,19,21H,2,5-6,9-14H2. The van der Waals surface area contributed by atoms with Crippen molar-refractivity contribution in [3.05, 3.63) is 35.9 Å². The number of carbonyl (C=O) groups excluding carboxylic acids is 1. The Balaban J connectivity index is 1.98. The predicted octanol–water partition coefficient (Wildman–Crippen LogP) is 2.09. The van der Waals surface area contributed by atoms with E-state index >= 15 is 0 Å². The van der Waals surface area contributed by atoms with Crippen molar-refractivity contribution in [1.82, 2.24) is 4.90 Å². The molecule has 4 nitrogen and oxygen atoms in total. The van der Waals surface area contributed by atoms with Gasteiger partial charge in [0.2, 0.25) is 5.91 Å². The minimum atomic E-state index is -0.847. The molecule has 0 heterocycles. The number of nitrogens with zero attached hydrogens (tertiary/aromatic N) is 1. The highest BCUT2D eigenvalue weighted by Crippen LogP contribution is 2.31. The molecule has 0 aliphatic heterocycles. The first-order chi connectivity index (χ1) is 10.1. The lowest BCUT2D eigenvalue weighted by atomic mass is 9.82. The average molecular weight is 291 g/mol.